The summed E-state index contributed by atoms with van der Waals surface area (Å²) in [5, 5.41) is 0. The molecule has 1 fully saturated rings. The number of carbonyl (C=O) groups excluding carboxylic acids is 1. The van der Waals surface area contributed by atoms with E-state index in [0.717, 1.165) is 17.3 Å². The van der Waals surface area contributed by atoms with E-state index in [4.69, 9.17) is 0 Å². The number of hydrogen-bond donors (Lipinski definition) is 0. The fourth-order valence-electron chi connectivity index (χ4n) is 2.15. The highest BCUT2D eigenvalue weighted by Crippen LogP contribution is 2.30. The molecule has 0 bridgehead atoms. The topological polar surface area (TPSA) is 20.3 Å². The summed E-state index contributed by atoms with van der Waals surface area (Å²) in [6, 6.07) is 4.48. The third-order valence-corrected chi connectivity index (χ3v) is 4.06. The van der Waals surface area contributed by atoms with Crippen LogP contribution in [0.25, 0.3) is 0 Å². The first-order chi connectivity index (χ1) is 8.39. The number of halogens is 2. The van der Waals surface area contributed by atoms with Crippen LogP contribution >= 0.6 is 15.9 Å². The van der Waals surface area contributed by atoms with Crippen LogP contribution < -0.4 is 0 Å². The van der Waals surface area contributed by atoms with Crippen LogP contribution in [-0.2, 0) is 0 Å². The monoisotopic (exact) mass is 313 g/mol. The molecule has 2 nitrogen and oxygen atoms in total. The zero-order chi connectivity index (χ0) is 13.3. The molecule has 1 aromatic rings. The smallest absolute Gasteiger partial charge is 0.256 e. The second kappa shape index (κ2) is 5.00. The first kappa shape index (κ1) is 13.5. The van der Waals surface area contributed by atoms with Gasteiger partial charge in [0.2, 0.25) is 0 Å². The van der Waals surface area contributed by atoms with Gasteiger partial charge in [-0.05, 0) is 36.5 Å². The Hall–Kier alpha value is -0.900. The van der Waals surface area contributed by atoms with Crippen LogP contribution in [0.5, 0.6) is 0 Å². The summed E-state index contributed by atoms with van der Waals surface area (Å²) < 4.78 is 14.4. The van der Waals surface area contributed by atoms with Crippen molar-refractivity contribution in [3.8, 4) is 0 Å². The van der Waals surface area contributed by atoms with Gasteiger partial charge in [0.25, 0.3) is 5.91 Å². The quantitative estimate of drug-likeness (QED) is 0.771. The molecule has 0 spiro atoms. The number of likely N-dealkylation sites (tertiary alicyclic amines) is 1. The Kier molecular flexibility index (Phi) is 3.76. The molecule has 0 N–H and O–H groups in total. The lowest BCUT2D eigenvalue weighted by atomic mass is 9.82. The van der Waals surface area contributed by atoms with E-state index in [1.807, 2.05) is 0 Å². The lowest BCUT2D eigenvalue weighted by molar-refractivity contribution is 0.0625. The van der Waals surface area contributed by atoms with Crippen molar-refractivity contribution in [3.05, 3.63) is 34.1 Å². The Labute approximate surface area is 115 Å². The van der Waals surface area contributed by atoms with E-state index >= 15 is 0 Å². The molecule has 18 heavy (non-hydrogen) atoms. The maximum absolute atomic E-state index is 13.7. The van der Waals surface area contributed by atoms with Gasteiger partial charge >= 0.3 is 0 Å². The lowest BCUT2D eigenvalue weighted by Gasteiger charge is -2.37. The van der Waals surface area contributed by atoms with Gasteiger partial charge in [-0.3, -0.25) is 4.79 Å². The number of rotatable bonds is 1. The second-order valence-corrected chi connectivity index (χ2v) is 6.50. The van der Waals surface area contributed by atoms with Gasteiger partial charge in [0, 0.05) is 17.6 Å². The molecule has 1 saturated heterocycles. The van der Waals surface area contributed by atoms with Crippen molar-refractivity contribution in [1.82, 2.24) is 4.90 Å². The third-order valence-electron chi connectivity index (χ3n) is 3.56. The van der Waals surface area contributed by atoms with Crippen LogP contribution in [0.3, 0.4) is 0 Å². The fraction of sp³-hybridized carbons (Fsp3) is 0.500. The first-order valence-corrected chi connectivity index (χ1v) is 6.93. The molecular formula is C14H17BrFNO. The van der Waals surface area contributed by atoms with Crippen LogP contribution in [0.2, 0.25) is 0 Å². The average molecular weight is 314 g/mol. The summed E-state index contributed by atoms with van der Waals surface area (Å²) >= 11 is 3.27. The normalized spacial score (nSPS) is 18.8. The highest BCUT2D eigenvalue weighted by Gasteiger charge is 2.29. The zero-order valence-electron chi connectivity index (χ0n) is 10.7. The van der Waals surface area contributed by atoms with Crippen molar-refractivity contribution < 1.29 is 9.18 Å². The Morgan fingerprint density at radius 2 is 1.94 bits per heavy atom. The molecule has 1 heterocycles. The Morgan fingerprint density at radius 1 is 1.33 bits per heavy atom. The van der Waals surface area contributed by atoms with Gasteiger partial charge in [-0.15, -0.1) is 0 Å². The molecule has 4 heteroatoms. The van der Waals surface area contributed by atoms with Crippen LogP contribution in [-0.4, -0.2) is 23.9 Å². The molecule has 0 aliphatic carbocycles. The van der Waals surface area contributed by atoms with Crippen molar-refractivity contribution in [2.45, 2.75) is 26.7 Å². The average Bonchev–Trinajstić information content (AvgIpc) is 2.31. The van der Waals surface area contributed by atoms with Gasteiger partial charge < -0.3 is 4.90 Å². The summed E-state index contributed by atoms with van der Waals surface area (Å²) in [6.07, 6.45) is 1.93. The minimum Gasteiger partial charge on any atom is -0.339 e. The Balaban J connectivity index is 2.15. The highest BCUT2D eigenvalue weighted by atomic mass is 79.9. The van der Waals surface area contributed by atoms with E-state index in [0.29, 0.717) is 13.1 Å². The van der Waals surface area contributed by atoms with E-state index in [-0.39, 0.29) is 16.9 Å². The maximum atomic E-state index is 13.7. The first-order valence-electron chi connectivity index (χ1n) is 6.13. The number of hydrogen-bond acceptors (Lipinski definition) is 1. The lowest BCUT2D eigenvalue weighted by Crippen LogP contribution is -2.41. The SMILES string of the molecule is CC1(C)CCN(C(=O)c2cc(Br)ccc2F)CC1. The van der Waals surface area contributed by atoms with Crippen LogP contribution in [0.15, 0.2) is 22.7 Å². The van der Waals surface area contributed by atoms with E-state index in [1.54, 1.807) is 17.0 Å². The molecule has 1 aliphatic rings. The van der Waals surface area contributed by atoms with Gasteiger partial charge in [-0.25, -0.2) is 4.39 Å². The largest absolute Gasteiger partial charge is 0.339 e. The molecule has 2 rings (SSSR count). The van der Waals surface area contributed by atoms with Crippen molar-refractivity contribution >= 4 is 21.8 Å². The van der Waals surface area contributed by atoms with Crippen LogP contribution in [0.4, 0.5) is 4.39 Å². The molecule has 0 saturated carbocycles. The van der Waals surface area contributed by atoms with E-state index in [9.17, 15) is 9.18 Å². The Bertz CT molecular complexity index is 463. The molecule has 1 aliphatic heterocycles. The van der Waals surface area contributed by atoms with Gasteiger partial charge in [-0.1, -0.05) is 29.8 Å². The summed E-state index contributed by atoms with van der Waals surface area (Å²) in [7, 11) is 0. The summed E-state index contributed by atoms with van der Waals surface area (Å²) in [4.78, 5) is 14.0. The number of benzene rings is 1. The summed E-state index contributed by atoms with van der Waals surface area (Å²) in [5.41, 5.74) is 0.441. The molecule has 0 radical (unpaired) electrons. The zero-order valence-corrected chi connectivity index (χ0v) is 12.3. The second-order valence-electron chi connectivity index (χ2n) is 5.58. The molecule has 1 aromatic carbocycles. The maximum Gasteiger partial charge on any atom is 0.256 e. The number of nitrogens with zero attached hydrogens (tertiary/aromatic N) is 1. The van der Waals surface area contributed by atoms with Crippen LogP contribution in [0.1, 0.15) is 37.0 Å². The van der Waals surface area contributed by atoms with Crippen molar-refractivity contribution in [2.75, 3.05) is 13.1 Å². The van der Waals surface area contributed by atoms with Gasteiger partial charge in [-0.2, -0.15) is 0 Å². The predicted octanol–water partition coefficient (Wildman–Crippen LogP) is 3.85. The molecule has 0 aromatic heterocycles. The highest BCUT2D eigenvalue weighted by molar-refractivity contribution is 9.10. The molecule has 98 valence electrons. The number of piperidine rings is 1. The summed E-state index contributed by atoms with van der Waals surface area (Å²) in [5.74, 6) is -0.655. The number of amides is 1. The van der Waals surface area contributed by atoms with Crippen LogP contribution in [0, 0.1) is 11.2 Å². The standard InChI is InChI=1S/C14H17BrFNO/c1-14(2)5-7-17(8-6-14)13(18)11-9-10(15)3-4-12(11)16/h3-4,9H,5-8H2,1-2H3. The van der Waals surface area contributed by atoms with E-state index in [2.05, 4.69) is 29.8 Å². The van der Waals surface area contributed by atoms with Crippen molar-refractivity contribution in [1.29, 1.82) is 0 Å². The van der Waals surface area contributed by atoms with Crippen molar-refractivity contribution in [3.63, 3.8) is 0 Å². The molecule has 0 atom stereocenters. The summed E-state index contributed by atoms with van der Waals surface area (Å²) in [6.45, 7) is 5.82. The Morgan fingerprint density at radius 3 is 2.56 bits per heavy atom. The third kappa shape index (κ3) is 2.91. The van der Waals surface area contributed by atoms with Gasteiger partial charge in [0.1, 0.15) is 5.82 Å². The fourth-order valence-corrected chi connectivity index (χ4v) is 2.51. The minimum absolute atomic E-state index is 0.157. The van der Waals surface area contributed by atoms with Crippen molar-refractivity contribution in [2.24, 2.45) is 5.41 Å². The van der Waals surface area contributed by atoms with E-state index in [1.165, 1.54) is 6.07 Å². The minimum atomic E-state index is -0.451. The van der Waals surface area contributed by atoms with Gasteiger partial charge in [0.05, 0.1) is 5.56 Å². The molecule has 0 unspecified atom stereocenters. The van der Waals surface area contributed by atoms with E-state index < -0.39 is 5.82 Å². The molecule has 1 amide bonds. The predicted molar refractivity (Wildman–Crippen MR) is 73.0 cm³/mol. The molecular weight excluding hydrogens is 297 g/mol. The number of carbonyl (C=O) groups is 1. The van der Waals surface area contributed by atoms with Gasteiger partial charge in [0.15, 0.2) is 0 Å².